The van der Waals surface area contributed by atoms with E-state index in [4.69, 9.17) is 4.74 Å². The van der Waals surface area contributed by atoms with E-state index >= 15 is 0 Å². The van der Waals surface area contributed by atoms with Crippen LogP contribution in [0.4, 0.5) is 11.4 Å². The van der Waals surface area contributed by atoms with Gasteiger partial charge in [-0.25, -0.2) is 4.98 Å². The Hall–Kier alpha value is -2.86. The van der Waals surface area contributed by atoms with E-state index in [2.05, 4.69) is 10.3 Å². The van der Waals surface area contributed by atoms with Gasteiger partial charge in [0.05, 0.1) is 23.5 Å². The molecular formula is C21H23N3O2S. The smallest absolute Gasteiger partial charge is 0.230 e. The number of aromatic nitrogens is 1. The number of carbonyl (C=O) groups is 1. The van der Waals surface area contributed by atoms with Crippen molar-refractivity contribution in [2.24, 2.45) is 0 Å². The zero-order valence-corrected chi connectivity index (χ0v) is 16.5. The lowest BCUT2D eigenvalue weighted by atomic mass is 10.2. The van der Waals surface area contributed by atoms with Crippen LogP contribution < -0.4 is 15.0 Å². The van der Waals surface area contributed by atoms with Gasteiger partial charge in [-0.05, 0) is 31.2 Å². The van der Waals surface area contributed by atoms with Crippen molar-refractivity contribution in [1.29, 1.82) is 0 Å². The first kappa shape index (κ1) is 18.9. The molecule has 3 rings (SSSR count). The number of carbonyl (C=O) groups excluding carboxylic acids is 1. The molecule has 2 aromatic carbocycles. The van der Waals surface area contributed by atoms with Crippen molar-refractivity contribution >= 4 is 28.6 Å². The standard InChI is InChI=1S/C21H23N3O2S/c1-15-8-10-17(11-9-15)26-13-21-22-16(14-27-21)12-20(25)23-18-6-4-5-7-19(18)24(2)3/h4-11,14H,12-13H2,1-3H3,(H,23,25). The maximum absolute atomic E-state index is 12.4. The monoisotopic (exact) mass is 381 g/mol. The van der Waals surface area contributed by atoms with Crippen molar-refractivity contribution in [3.8, 4) is 5.75 Å². The quantitative estimate of drug-likeness (QED) is 0.664. The number of hydrogen-bond acceptors (Lipinski definition) is 5. The molecule has 0 aliphatic carbocycles. The fourth-order valence-electron chi connectivity index (χ4n) is 2.60. The van der Waals surface area contributed by atoms with Crippen molar-refractivity contribution in [2.75, 3.05) is 24.3 Å². The zero-order valence-electron chi connectivity index (χ0n) is 15.7. The maximum atomic E-state index is 12.4. The van der Waals surface area contributed by atoms with Crippen molar-refractivity contribution < 1.29 is 9.53 Å². The van der Waals surface area contributed by atoms with Crippen LogP contribution >= 0.6 is 11.3 Å². The van der Waals surface area contributed by atoms with Crippen LogP contribution in [0.25, 0.3) is 0 Å². The first-order valence-corrected chi connectivity index (χ1v) is 9.58. The topological polar surface area (TPSA) is 54.5 Å². The number of para-hydroxylation sites is 2. The molecule has 1 aromatic heterocycles. The SMILES string of the molecule is Cc1ccc(OCc2nc(CC(=O)Nc3ccccc3N(C)C)cs2)cc1. The van der Waals surface area contributed by atoms with Gasteiger partial charge in [0.25, 0.3) is 0 Å². The highest BCUT2D eigenvalue weighted by molar-refractivity contribution is 7.09. The third-order valence-corrected chi connectivity index (χ3v) is 4.86. The number of benzene rings is 2. The third-order valence-electron chi connectivity index (χ3n) is 3.98. The molecule has 0 aliphatic heterocycles. The summed E-state index contributed by atoms with van der Waals surface area (Å²) in [4.78, 5) is 18.9. The number of aryl methyl sites for hydroxylation is 1. The molecule has 0 aliphatic rings. The van der Waals surface area contributed by atoms with E-state index < -0.39 is 0 Å². The van der Waals surface area contributed by atoms with Crippen molar-refractivity contribution in [3.63, 3.8) is 0 Å². The van der Waals surface area contributed by atoms with Crippen LogP contribution in [0.2, 0.25) is 0 Å². The lowest BCUT2D eigenvalue weighted by molar-refractivity contribution is -0.115. The zero-order chi connectivity index (χ0) is 19.2. The molecule has 0 spiro atoms. The fourth-order valence-corrected chi connectivity index (χ4v) is 3.31. The summed E-state index contributed by atoms with van der Waals surface area (Å²) in [5.41, 5.74) is 3.71. The largest absolute Gasteiger partial charge is 0.486 e. The number of anilines is 2. The highest BCUT2D eigenvalue weighted by Gasteiger charge is 2.11. The number of nitrogens with one attached hydrogen (secondary N) is 1. The Morgan fingerprint density at radius 1 is 1.15 bits per heavy atom. The summed E-state index contributed by atoms with van der Waals surface area (Å²) in [5.74, 6) is 0.732. The van der Waals surface area contributed by atoms with Crippen molar-refractivity contribution in [2.45, 2.75) is 20.0 Å². The van der Waals surface area contributed by atoms with Crippen LogP contribution in [0, 0.1) is 6.92 Å². The summed E-state index contributed by atoms with van der Waals surface area (Å²) >= 11 is 1.50. The van der Waals surface area contributed by atoms with E-state index in [1.165, 1.54) is 16.9 Å². The summed E-state index contributed by atoms with van der Waals surface area (Å²) in [5, 5.41) is 5.73. The second-order valence-corrected chi connectivity index (χ2v) is 7.41. The van der Waals surface area contributed by atoms with E-state index in [1.807, 2.05) is 79.8 Å². The Labute approximate surface area is 163 Å². The molecule has 140 valence electrons. The van der Waals surface area contributed by atoms with Gasteiger partial charge in [0.1, 0.15) is 17.4 Å². The molecule has 0 atom stereocenters. The molecular weight excluding hydrogens is 358 g/mol. The molecule has 1 amide bonds. The van der Waals surface area contributed by atoms with Gasteiger partial charge in [-0.1, -0.05) is 29.8 Å². The van der Waals surface area contributed by atoms with Gasteiger partial charge >= 0.3 is 0 Å². The molecule has 1 heterocycles. The summed E-state index contributed by atoms with van der Waals surface area (Å²) < 4.78 is 5.74. The minimum absolute atomic E-state index is 0.0828. The first-order valence-electron chi connectivity index (χ1n) is 8.70. The van der Waals surface area contributed by atoms with Crippen LogP contribution in [0.3, 0.4) is 0 Å². The van der Waals surface area contributed by atoms with Crippen LogP contribution in [0.1, 0.15) is 16.3 Å². The maximum Gasteiger partial charge on any atom is 0.230 e. The summed E-state index contributed by atoms with van der Waals surface area (Å²) in [6.45, 7) is 2.44. The van der Waals surface area contributed by atoms with E-state index in [-0.39, 0.29) is 12.3 Å². The van der Waals surface area contributed by atoms with Gasteiger partial charge in [-0.15, -0.1) is 11.3 Å². The lowest BCUT2D eigenvalue weighted by Crippen LogP contribution is -2.18. The first-order chi connectivity index (χ1) is 13.0. The Balaban J connectivity index is 1.56. The molecule has 27 heavy (non-hydrogen) atoms. The molecule has 0 fully saturated rings. The molecule has 0 saturated heterocycles. The second-order valence-electron chi connectivity index (χ2n) is 6.47. The van der Waals surface area contributed by atoms with Crippen LogP contribution in [-0.4, -0.2) is 25.0 Å². The van der Waals surface area contributed by atoms with Gasteiger partial charge in [0.15, 0.2) is 0 Å². The van der Waals surface area contributed by atoms with Gasteiger partial charge in [-0.2, -0.15) is 0 Å². The van der Waals surface area contributed by atoms with Crippen LogP contribution in [0.5, 0.6) is 5.75 Å². The average molecular weight is 382 g/mol. The highest BCUT2D eigenvalue weighted by Crippen LogP contribution is 2.23. The van der Waals surface area contributed by atoms with E-state index in [0.29, 0.717) is 6.61 Å². The number of hydrogen-bond donors (Lipinski definition) is 1. The third kappa shape index (κ3) is 5.31. The molecule has 6 heteroatoms. The van der Waals surface area contributed by atoms with Gasteiger partial charge in [0.2, 0.25) is 5.91 Å². The molecule has 3 aromatic rings. The Morgan fingerprint density at radius 3 is 2.63 bits per heavy atom. The van der Waals surface area contributed by atoms with Gasteiger partial charge < -0.3 is 15.0 Å². The van der Waals surface area contributed by atoms with E-state index in [9.17, 15) is 4.79 Å². The number of ether oxygens (including phenoxy) is 1. The molecule has 0 bridgehead atoms. The van der Waals surface area contributed by atoms with Gasteiger partial charge in [-0.3, -0.25) is 4.79 Å². The lowest BCUT2D eigenvalue weighted by Gasteiger charge is -2.17. The number of amides is 1. The van der Waals surface area contributed by atoms with Crippen molar-refractivity contribution in [3.05, 3.63) is 70.2 Å². The highest BCUT2D eigenvalue weighted by atomic mass is 32.1. The number of thiazole rings is 1. The average Bonchev–Trinajstić information content (AvgIpc) is 3.08. The van der Waals surface area contributed by atoms with Crippen LogP contribution in [0.15, 0.2) is 53.9 Å². The fraction of sp³-hybridized carbons (Fsp3) is 0.238. The van der Waals surface area contributed by atoms with Gasteiger partial charge in [0, 0.05) is 19.5 Å². The minimum Gasteiger partial charge on any atom is -0.486 e. The Morgan fingerprint density at radius 2 is 1.89 bits per heavy atom. The Bertz CT molecular complexity index is 904. The predicted octanol–water partition coefficient (Wildman–Crippen LogP) is 4.28. The molecule has 5 nitrogen and oxygen atoms in total. The molecule has 0 unspecified atom stereocenters. The summed E-state index contributed by atoms with van der Waals surface area (Å²) in [6.07, 6.45) is 0.239. The Kier molecular flexibility index (Phi) is 6.08. The van der Waals surface area contributed by atoms with E-state index in [0.717, 1.165) is 27.8 Å². The number of nitrogens with zero attached hydrogens (tertiary/aromatic N) is 2. The van der Waals surface area contributed by atoms with Crippen molar-refractivity contribution in [1.82, 2.24) is 4.98 Å². The van der Waals surface area contributed by atoms with Crippen LogP contribution in [-0.2, 0) is 17.8 Å². The predicted molar refractivity (Wildman–Crippen MR) is 111 cm³/mol. The minimum atomic E-state index is -0.0828. The summed E-state index contributed by atoms with van der Waals surface area (Å²) in [7, 11) is 3.90. The molecule has 1 N–H and O–H groups in total. The summed E-state index contributed by atoms with van der Waals surface area (Å²) in [6, 6.07) is 15.6. The number of rotatable bonds is 7. The molecule has 0 radical (unpaired) electrons. The second kappa shape index (κ2) is 8.68. The molecule has 0 saturated carbocycles. The van der Waals surface area contributed by atoms with E-state index in [1.54, 1.807) is 0 Å². The normalized spacial score (nSPS) is 10.5.